The normalized spacial score (nSPS) is 16.5. The molecule has 0 unspecified atom stereocenters. The number of carbonyl (C=O) groups is 1. The second-order valence-corrected chi connectivity index (χ2v) is 15.2. The molecule has 0 spiro atoms. The lowest BCUT2D eigenvalue weighted by Gasteiger charge is -2.39. The van der Waals surface area contributed by atoms with Crippen LogP contribution in [0.2, 0.25) is 5.02 Å². The van der Waals surface area contributed by atoms with Gasteiger partial charge in [0.15, 0.2) is 11.6 Å². The van der Waals surface area contributed by atoms with E-state index < -0.39 is 50.5 Å². The Hall–Kier alpha value is -4.70. The molecule has 0 radical (unpaired) electrons. The Labute approximate surface area is 300 Å². The van der Waals surface area contributed by atoms with E-state index in [1.807, 2.05) is 12.1 Å². The zero-order valence-electron chi connectivity index (χ0n) is 29.0. The second-order valence-electron chi connectivity index (χ2n) is 12.9. The van der Waals surface area contributed by atoms with Crippen molar-refractivity contribution in [2.75, 3.05) is 38.2 Å². The van der Waals surface area contributed by atoms with Gasteiger partial charge in [-0.05, 0) is 68.2 Å². The van der Waals surface area contributed by atoms with E-state index >= 15 is 8.78 Å². The van der Waals surface area contributed by atoms with Gasteiger partial charge in [-0.2, -0.15) is 4.80 Å². The zero-order valence-corrected chi connectivity index (χ0v) is 30.5. The summed E-state index contributed by atoms with van der Waals surface area (Å²) in [5, 5.41) is 12.1. The van der Waals surface area contributed by atoms with Crippen molar-refractivity contribution >= 4 is 33.7 Å². The third-order valence-electron chi connectivity index (χ3n) is 8.22. The SMILES string of the molecule is COc1ccc(CN(c2nnn(C)n2)S(=O)(=O)c2cc(F)c(OC[C@H]3CN(C(=O)OC(C)(C)C)CC[C@@H]3c3ccc(Cl)cc3)cc2F)c(OC)c1. The highest BCUT2D eigenvalue weighted by atomic mass is 35.5. The van der Waals surface area contributed by atoms with Gasteiger partial charge in [-0.1, -0.05) is 28.8 Å². The highest BCUT2D eigenvalue weighted by Crippen LogP contribution is 2.36. The number of methoxy groups -OCH3 is 2. The van der Waals surface area contributed by atoms with Crippen molar-refractivity contribution in [1.82, 2.24) is 25.1 Å². The molecule has 274 valence electrons. The molecule has 17 heteroatoms. The number of anilines is 1. The van der Waals surface area contributed by atoms with Crippen molar-refractivity contribution in [1.29, 1.82) is 0 Å². The van der Waals surface area contributed by atoms with Crippen molar-refractivity contribution in [2.24, 2.45) is 13.0 Å². The van der Waals surface area contributed by atoms with Gasteiger partial charge in [0.1, 0.15) is 27.8 Å². The topological polar surface area (TPSA) is 138 Å². The van der Waals surface area contributed by atoms with Crippen LogP contribution in [-0.4, -0.2) is 79.1 Å². The minimum Gasteiger partial charge on any atom is -0.497 e. The minimum atomic E-state index is -4.84. The van der Waals surface area contributed by atoms with Gasteiger partial charge in [-0.25, -0.2) is 26.3 Å². The van der Waals surface area contributed by atoms with Gasteiger partial charge in [0.2, 0.25) is 0 Å². The number of aromatic nitrogens is 4. The lowest BCUT2D eigenvalue weighted by atomic mass is 9.81. The quantitative estimate of drug-likeness (QED) is 0.180. The van der Waals surface area contributed by atoms with Gasteiger partial charge in [-0.15, -0.1) is 5.10 Å². The van der Waals surface area contributed by atoms with Crippen LogP contribution in [0.1, 0.15) is 44.2 Å². The summed E-state index contributed by atoms with van der Waals surface area (Å²) in [5.74, 6) is -3.02. The van der Waals surface area contributed by atoms with E-state index in [4.69, 9.17) is 30.5 Å². The number of piperidine rings is 1. The van der Waals surface area contributed by atoms with Crippen molar-refractivity contribution in [2.45, 2.75) is 50.2 Å². The number of likely N-dealkylation sites (tertiary alicyclic amines) is 1. The Kier molecular flexibility index (Phi) is 11.2. The lowest BCUT2D eigenvalue weighted by Crippen LogP contribution is -2.46. The van der Waals surface area contributed by atoms with E-state index in [0.29, 0.717) is 45.7 Å². The highest BCUT2D eigenvalue weighted by molar-refractivity contribution is 7.92. The molecule has 1 saturated heterocycles. The number of nitrogens with zero attached hydrogens (tertiary/aromatic N) is 6. The third kappa shape index (κ3) is 8.79. The average Bonchev–Trinajstić information content (AvgIpc) is 3.52. The van der Waals surface area contributed by atoms with Crippen molar-refractivity contribution in [3.8, 4) is 17.2 Å². The molecule has 51 heavy (non-hydrogen) atoms. The Balaban J connectivity index is 1.42. The number of benzene rings is 3. The third-order valence-corrected chi connectivity index (χ3v) is 10.2. The number of carbonyl (C=O) groups excluding carboxylic acids is 1. The summed E-state index contributed by atoms with van der Waals surface area (Å²) in [5.41, 5.74) is 0.590. The maximum absolute atomic E-state index is 15.8. The second kappa shape index (κ2) is 15.3. The van der Waals surface area contributed by atoms with E-state index in [2.05, 4.69) is 15.4 Å². The number of amides is 1. The fourth-order valence-corrected chi connectivity index (χ4v) is 7.27. The molecule has 3 aromatic carbocycles. The summed E-state index contributed by atoms with van der Waals surface area (Å²) in [4.78, 5) is 14.6. The molecule has 1 fully saturated rings. The first-order valence-electron chi connectivity index (χ1n) is 15.9. The van der Waals surface area contributed by atoms with Gasteiger partial charge >= 0.3 is 6.09 Å². The number of ether oxygens (including phenoxy) is 4. The fraction of sp³-hybridized carbons (Fsp3) is 0.412. The summed E-state index contributed by atoms with van der Waals surface area (Å²) in [7, 11) is -0.550. The first-order valence-corrected chi connectivity index (χ1v) is 17.7. The van der Waals surface area contributed by atoms with Crippen LogP contribution < -0.4 is 18.5 Å². The van der Waals surface area contributed by atoms with Crippen molar-refractivity contribution in [3.63, 3.8) is 0 Å². The number of aryl methyl sites for hydroxylation is 1. The smallest absolute Gasteiger partial charge is 0.410 e. The highest BCUT2D eigenvalue weighted by Gasteiger charge is 2.36. The van der Waals surface area contributed by atoms with Crippen LogP contribution in [0.15, 0.2) is 59.5 Å². The molecule has 4 aromatic rings. The molecule has 2 atom stereocenters. The first kappa shape index (κ1) is 37.6. The monoisotopic (exact) mass is 748 g/mol. The van der Waals surface area contributed by atoms with E-state index in [9.17, 15) is 13.2 Å². The number of rotatable bonds is 11. The first-order chi connectivity index (χ1) is 24.1. The molecule has 2 heterocycles. The average molecular weight is 749 g/mol. The van der Waals surface area contributed by atoms with Gasteiger partial charge in [0.05, 0.1) is 34.4 Å². The van der Waals surface area contributed by atoms with Crippen LogP contribution >= 0.6 is 11.6 Å². The molecular weight excluding hydrogens is 710 g/mol. The largest absolute Gasteiger partial charge is 0.497 e. The molecule has 5 rings (SSSR count). The van der Waals surface area contributed by atoms with Crippen molar-refractivity contribution in [3.05, 3.63) is 82.4 Å². The van der Waals surface area contributed by atoms with E-state index in [0.717, 1.165) is 10.4 Å². The molecule has 0 aliphatic carbocycles. The van der Waals surface area contributed by atoms with Crippen LogP contribution in [-0.2, 0) is 28.4 Å². The molecule has 1 aliphatic heterocycles. The van der Waals surface area contributed by atoms with E-state index in [1.54, 1.807) is 56.0 Å². The van der Waals surface area contributed by atoms with Gasteiger partial charge in [0.25, 0.3) is 16.0 Å². The zero-order chi connectivity index (χ0) is 37.1. The van der Waals surface area contributed by atoms with Crippen LogP contribution in [0, 0.1) is 17.6 Å². The molecule has 0 saturated carbocycles. The molecule has 1 aromatic heterocycles. The predicted molar refractivity (Wildman–Crippen MR) is 184 cm³/mol. The molecule has 13 nitrogen and oxygen atoms in total. The van der Waals surface area contributed by atoms with Gasteiger partial charge < -0.3 is 23.8 Å². The number of tetrazole rings is 1. The van der Waals surface area contributed by atoms with Crippen LogP contribution in [0.25, 0.3) is 0 Å². The fourth-order valence-electron chi connectivity index (χ4n) is 5.75. The van der Waals surface area contributed by atoms with Gasteiger partial charge in [0, 0.05) is 47.8 Å². The molecular formula is C34H39ClF2N6O7S. The lowest BCUT2D eigenvalue weighted by molar-refractivity contribution is 0.0110. The van der Waals surface area contributed by atoms with E-state index in [1.165, 1.54) is 21.3 Å². The summed E-state index contributed by atoms with van der Waals surface area (Å²) in [6.07, 6.45) is 0.0528. The van der Waals surface area contributed by atoms with Crippen molar-refractivity contribution < 1.29 is 40.9 Å². The van der Waals surface area contributed by atoms with Crippen LogP contribution in [0.5, 0.6) is 17.2 Å². The summed E-state index contributed by atoms with van der Waals surface area (Å²) >= 11 is 6.11. The van der Waals surface area contributed by atoms with E-state index in [-0.39, 0.29) is 36.7 Å². The minimum absolute atomic E-state index is 0.114. The molecule has 0 N–H and O–H groups in total. The maximum Gasteiger partial charge on any atom is 0.410 e. The number of hydrogen-bond donors (Lipinski definition) is 0. The Bertz CT molecular complexity index is 1970. The molecule has 0 bridgehead atoms. The number of sulfonamides is 1. The van der Waals surface area contributed by atoms with Crippen LogP contribution in [0.4, 0.5) is 19.5 Å². The summed E-state index contributed by atoms with van der Waals surface area (Å²) in [6, 6.07) is 13.2. The Morgan fingerprint density at radius 2 is 1.75 bits per heavy atom. The molecule has 1 aliphatic rings. The Morgan fingerprint density at radius 3 is 2.37 bits per heavy atom. The Morgan fingerprint density at radius 1 is 1.02 bits per heavy atom. The number of hydrogen-bond acceptors (Lipinski definition) is 10. The predicted octanol–water partition coefficient (Wildman–Crippen LogP) is 5.97. The number of halogens is 3. The maximum atomic E-state index is 15.8. The van der Waals surface area contributed by atoms with Crippen LogP contribution in [0.3, 0.4) is 0 Å². The summed E-state index contributed by atoms with van der Waals surface area (Å²) in [6.45, 7) is 5.40. The molecule has 1 amide bonds. The van der Waals surface area contributed by atoms with Gasteiger partial charge in [-0.3, -0.25) is 0 Å². The summed E-state index contributed by atoms with van der Waals surface area (Å²) < 4.78 is 82.3. The standard InChI is InChI=1S/C34H39ClF2N6O7S/c1-34(2,3)50-33(44)42-14-13-26(21-7-10-24(35)11-8-21)23(18-42)20-49-30-16-28(37)31(17-27(30)36)51(45,46)43(32-38-40-41(4)39-32)19-22-9-12-25(47-5)15-29(22)48-6/h7-12,15-17,23,26H,13-14,18-20H2,1-6H3/t23-,26-/m1/s1.